The van der Waals surface area contributed by atoms with Crippen LogP contribution in [0.2, 0.25) is 0 Å². The first kappa shape index (κ1) is 14.9. The fourth-order valence-corrected chi connectivity index (χ4v) is 3.62. The molecule has 0 bridgehead atoms. The number of aliphatic hydroxyl groups is 1. The zero-order valence-corrected chi connectivity index (χ0v) is 13.8. The number of aromatic nitrogens is 3. The third-order valence-corrected chi connectivity index (χ3v) is 5.04. The van der Waals surface area contributed by atoms with Crippen LogP contribution in [-0.2, 0) is 4.74 Å². The van der Waals surface area contributed by atoms with Crippen LogP contribution in [-0.4, -0.2) is 46.0 Å². The number of aliphatic hydroxyl groups excluding tert-OH is 1. The number of anilines is 1. The van der Waals surface area contributed by atoms with E-state index >= 15 is 0 Å². The monoisotopic (exact) mass is 316 g/mol. The molecular formula is C17H24N4O2. The summed E-state index contributed by atoms with van der Waals surface area (Å²) in [6.07, 6.45) is 4.03. The maximum atomic E-state index is 9.26. The Hall–Kier alpha value is -1.66. The van der Waals surface area contributed by atoms with E-state index in [2.05, 4.69) is 41.1 Å². The van der Waals surface area contributed by atoms with Crippen LogP contribution in [0, 0.1) is 18.8 Å². The Kier molecular flexibility index (Phi) is 3.73. The molecule has 2 aliphatic heterocycles. The molecule has 6 nitrogen and oxygen atoms in total. The molecule has 2 fully saturated rings. The summed E-state index contributed by atoms with van der Waals surface area (Å²) < 4.78 is 7.63. The van der Waals surface area contributed by atoms with Gasteiger partial charge in [0.05, 0.1) is 18.5 Å². The summed E-state index contributed by atoms with van der Waals surface area (Å²) in [6, 6.07) is 2.21. The van der Waals surface area contributed by atoms with E-state index in [-0.39, 0.29) is 18.6 Å². The second-order valence-corrected chi connectivity index (χ2v) is 7.07. The van der Waals surface area contributed by atoms with Crippen molar-refractivity contribution in [2.45, 2.75) is 32.8 Å². The summed E-state index contributed by atoms with van der Waals surface area (Å²) in [4.78, 5) is 7.10. The van der Waals surface area contributed by atoms with Gasteiger partial charge in [-0.1, -0.05) is 6.92 Å². The molecule has 2 saturated heterocycles. The number of fused-ring (bicyclic) bond motifs is 1. The van der Waals surface area contributed by atoms with Crippen LogP contribution < -0.4 is 4.90 Å². The van der Waals surface area contributed by atoms with E-state index in [4.69, 9.17) is 4.74 Å². The van der Waals surface area contributed by atoms with Gasteiger partial charge in [-0.15, -0.1) is 5.10 Å². The Morgan fingerprint density at radius 3 is 3.00 bits per heavy atom. The van der Waals surface area contributed by atoms with Crippen LogP contribution in [0.1, 0.15) is 37.3 Å². The lowest BCUT2D eigenvalue weighted by molar-refractivity contribution is 0.0959. The molecule has 23 heavy (non-hydrogen) atoms. The second kappa shape index (κ2) is 5.76. The zero-order chi connectivity index (χ0) is 16.0. The number of nitrogens with zero attached hydrogens (tertiary/aromatic N) is 4. The molecule has 2 aliphatic rings. The van der Waals surface area contributed by atoms with Gasteiger partial charge >= 0.3 is 0 Å². The standard InChI is InChI=1S/C17H24N4O2/c1-11-3-4-20(7-11)14-5-12(2)17-18-16(19-21(17)8-14)15-6-13(9-22)10-23-15/h5,8,11,13,15,22H,3-4,6-7,9-10H2,1-2H3. The predicted molar refractivity (Wildman–Crippen MR) is 87.6 cm³/mol. The highest BCUT2D eigenvalue weighted by Crippen LogP contribution is 2.31. The van der Waals surface area contributed by atoms with E-state index in [0.717, 1.165) is 42.5 Å². The molecule has 3 unspecified atom stereocenters. The van der Waals surface area contributed by atoms with Gasteiger partial charge in [-0.2, -0.15) is 0 Å². The highest BCUT2D eigenvalue weighted by Gasteiger charge is 2.29. The van der Waals surface area contributed by atoms with Crippen LogP contribution in [0.3, 0.4) is 0 Å². The highest BCUT2D eigenvalue weighted by atomic mass is 16.5. The first-order chi connectivity index (χ1) is 11.1. The van der Waals surface area contributed by atoms with Crippen LogP contribution in [0.5, 0.6) is 0 Å². The van der Waals surface area contributed by atoms with Gasteiger partial charge in [0, 0.05) is 25.6 Å². The first-order valence-corrected chi connectivity index (χ1v) is 8.48. The van der Waals surface area contributed by atoms with Gasteiger partial charge in [-0.05, 0) is 37.3 Å². The van der Waals surface area contributed by atoms with E-state index in [1.54, 1.807) is 0 Å². The van der Waals surface area contributed by atoms with Crippen LogP contribution in [0.25, 0.3) is 5.65 Å². The summed E-state index contributed by atoms with van der Waals surface area (Å²) in [5.74, 6) is 1.69. The van der Waals surface area contributed by atoms with E-state index < -0.39 is 0 Å². The largest absolute Gasteiger partial charge is 0.396 e. The maximum absolute atomic E-state index is 9.26. The minimum absolute atomic E-state index is 0.0956. The predicted octanol–water partition coefficient (Wildman–Crippen LogP) is 1.95. The fourth-order valence-electron chi connectivity index (χ4n) is 3.62. The molecule has 6 heteroatoms. The first-order valence-electron chi connectivity index (χ1n) is 8.48. The van der Waals surface area contributed by atoms with Crippen molar-refractivity contribution >= 4 is 11.3 Å². The van der Waals surface area contributed by atoms with Crippen LogP contribution in [0.15, 0.2) is 12.3 Å². The highest BCUT2D eigenvalue weighted by molar-refractivity contribution is 5.57. The van der Waals surface area contributed by atoms with Crippen molar-refractivity contribution in [3.05, 3.63) is 23.7 Å². The third-order valence-electron chi connectivity index (χ3n) is 5.04. The van der Waals surface area contributed by atoms with E-state index in [0.29, 0.717) is 6.61 Å². The van der Waals surface area contributed by atoms with Crippen LogP contribution in [0.4, 0.5) is 5.69 Å². The molecule has 124 valence electrons. The quantitative estimate of drug-likeness (QED) is 0.938. The maximum Gasteiger partial charge on any atom is 0.180 e. The average Bonchev–Trinajstić information content (AvgIpc) is 3.24. The van der Waals surface area contributed by atoms with Gasteiger partial charge in [0.2, 0.25) is 0 Å². The second-order valence-electron chi connectivity index (χ2n) is 7.07. The molecule has 0 radical (unpaired) electrons. The van der Waals surface area contributed by atoms with Crippen molar-refractivity contribution in [3.8, 4) is 0 Å². The Morgan fingerprint density at radius 2 is 2.30 bits per heavy atom. The van der Waals surface area contributed by atoms with E-state index in [9.17, 15) is 5.11 Å². The molecule has 2 aromatic rings. The van der Waals surface area contributed by atoms with Gasteiger partial charge in [0.25, 0.3) is 0 Å². The zero-order valence-electron chi connectivity index (χ0n) is 13.8. The molecule has 0 spiro atoms. The van der Waals surface area contributed by atoms with Gasteiger partial charge in [-0.3, -0.25) is 0 Å². The van der Waals surface area contributed by atoms with Gasteiger partial charge in [0.1, 0.15) is 6.10 Å². The lowest BCUT2D eigenvalue weighted by atomic mass is 10.1. The molecular weight excluding hydrogens is 292 g/mol. The van der Waals surface area contributed by atoms with Crippen molar-refractivity contribution in [2.75, 3.05) is 31.2 Å². The fraction of sp³-hybridized carbons (Fsp3) is 0.647. The summed E-state index contributed by atoms with van der Waals surface area (Å²) in [6.45, 7) is 7.36. The SMILES string of the molecule is Cc1cc(N2CCC(C)C2)cn2nc(C3CC(CO)CO3)nc12. The summed E-state index contributed by atoms with van der Waals surface area (Å²) >= 11 is 0. The Balaban J connectivity index is 1.64. The van der Waals surface area contributed by atoms with Crippen molar-refractivity contribution in [2.24, 2.45) is 11.8 Å². The number of rotatable bonds is 3. The molecule has 4 heterocycles. The van der Waals surface area contributed by atoms with Crippen LogP contribution >= 0.6 is 0 Å². The van der Waals surface area contributed by atoms with Crippen molar-refractivity contribution in [1.29, 1.82) is 0 Å². The van der Waals surface area contributed by atoms with Gasteiger partial charge in [-0.25, -0.2) is 9.50 Å². The normalized spacial score (nSPS) is 28.1. The number of pyridine rings is 1. The Morgan fingerprint density at radius 1 is 1.43 bits per heavy atom. The molecule has 0 saturated carbocycles. The number of hydrogen-bond donors (Lipinski definition) is 1. The molecule has 0 amide bonds. The summed E-state index contributed by atoms with van der Waals surface area (Å²) in [5.41, 5.74) is 3.25. The minimum atomic E-state index is -0.0956. The molecule has 0 aliphatic carbocycles. The van der Waals surface area contributed by atoms with E-state index in [1.165, 1.54) is 12.1 Å². The summed E-state index contributed by atoms with van der Waals surface area (Å²) in [7, 11) is 0. The topological polar surface area (TPSA) is 62.9 Å². The number of aryl methyl sites for hydroxylation is 1. The minimum Gasteiger partial charge on any atom is -0.396 e. The van der Waals surface area contributed by atoms with Gasteiger partial charge < -0.3 is 14.7 Å². The molecule has 3 atom stereocenters. The number of hydrogen-bond acceptors (Lipinski definition) is 5. The third kappa shape index (κ3) is 2.70. The van der Waals surface area contributed by atoms with Crippen molar-refractivity contribution < 1.29 is 9.84 Å². The summed E-state index contributed by atoms with van der Waals surface area (Å²) in [5, 5.41) is 13.9. The molecule has 1 N–H and O–H groups in total. The number of ether oxygens (including phenoxy) is 1. The van der Waals surface area contributed by atoms with Crippen molar-refractivity contribution in [1.82, 2.24) is 14.6 Å². The molecule has 2 aromatic heterocycles. The Labute approximate surface area is 136 Å². The Bertz CT molecular complexity index is 714. The van der Waals surface area contributed by atoms with Gasteiger partial charge in [0.15, 0.2) is 11.5 Å². The lowest BCUT2D eigenvalue weighted by Gasteiger charge is -2.18. The van der Waals surface area contributed by atoms with E-state index in [1.807, 2.05) is 4.52 Å². The lowest BCUT2D eigenvalue weighted by Crippen LogP contribution is -2.19. The molecule has 0 aromatic carbocycles. The molecule has 4 rings (SSSR count). The smallest absolute Gasteiger partial charge is 0.180 e. The van der Waals surface area contributed by atoms with Crippen molar-refractivity contribution in [3.63, 3.8) is 0 Å². The average molecular weight is 316 g/mol.